The Morgan fingerprint density at radius 1 is 1.25 bits per heavy atom. The molecule has 0 bridgehead atoms. The van der Waals surface area contributed by atoms with Gasteiger partial charge < -0.3 is 4.74 Å². The van der Waals surface area contributed by atoms with Gasteiger partial charge in [-0.1, -0.05) is 13.3 Å². The first-order chi connectivity index (χ1) is 7.56. The van der Waals surface area contributed by atoms with Gasteiger partial charge in [-0.25, -0.2) is 18.0 Å². The van der Waals surface area contributed by atoms with E-state index < -0.39 is 23.4 Å². The number of carbonyl (C=O) groups is 1. The molecule has 0 aromatic heterocycles. The van der Waals surface area contributed by atoms with E-state index in [0.29, 0.717) is 18.6 Å². The van der Waals surface area contributed by atoms with Gasteiger partial charge in [0.1, 0.15) is 0 Å². The molecule has 1 aromatic rings. The van der Waals surface area contributed by atoms with Crippen LogP contribution in [0, 0.1) is 17.5 Å². The summed E-state index contributed by atoms with van der Waals surface area (Å²) in [7, 11) is 0. The molecule has 0 spiro atoms. The van der Waals surface area contributed by atoms with Crippen molar-refractivity contribution in [1.82, 2.24) is 0 Å². The van der Waals surface area contributed by atoms with Crippen LogP contribution in [0.3, 0.4) is 0 Å². The number of benzene rings is 1. The number of hydrogen-bond donors (Lipinski definition) is 0. The third-order valence-electron chi connectivity index (χ3n) is 1.95. The Balaban J connectivity index is 2.76. The fraction of sp³-hybridized carbons (Fsp3) is 0.364. The lowest BCUT2D eigenvalue weighted by molar-refractivity contribution is 0.0498. The first-order valence-electron chi connectivity index (χ1n) is 4.88. The zero-order valence-corrected chi connectivity index (χ0v) is 8.73. The molecule has 16 heavy (non-hydrogen) atoms. The number of hydrogen-bond acceptors (Lipinski definition) is 2. The van der Waals surface area contributed by atoms with Gasteiger partial charge in [0.25, 0.3) is 0 Å². The van der Waals surface area contributed by atoms with Gasteiger partial charge in [0, 0.05) is 0 Å². The Kier molecular flexibility index (Phi) is 4.34. The van der Waals surface area contributed by atoms with E-state index in [1.165, 1.54) is 0 Å². The largest absolute Gasteiger partial charge is 0.462 e. The van der Waals surface area contributed by atoms with Crippen LogP contribution in [-0.4, -0.2) is 12.6 Å². The van der Waals surface area contributed by atoms with Gasteiger partial charge in [0.15, 0.2) is 17.5 Å². The SMILES string of the molecule is CCCCOC(=O)c1cc(F)c(F)c(F)c1. The van der Waals surface area contributed by atoms with Crippen molar-refractivity contribution in [2.24, 2.45) is 0 Å². The molecule has 1 rings (SSSR count). The maximum Gasteiger partial charge on any atom is 0.338 e. The summed E-state index contributed by atoms with van der Waals surface area (Å²) in [6.45, 7) is 2.08. The molecule has 0 N–H and O–H groups in total. The summed E-state index contributed by atoms with van der Waals surface area (Å²) in [6.07, 6.45) is 1.50. The van der Waals surface area contributed by atoms with Crippen LogP contribution in [0.5, 0.6) is 0 Å². The fourth-order valence-corrected chi connectivity index (χ4v) is 1.07. The quantitative estimate of drug-likeness (QED) is 0.453. The molecule has 0 saturated heterocycles. The third kappa shape index (κ3) is 2.98. The summed E-state index contributed by atoms with van der Waals surface area (Å²) in [5, 5.41) is 0. The monoisotopic (exact) mass is 232 g/mol. The molecular formula is C11H11F3O2. The molecule has 0 aliphatic heterocycles. The zero-order chi connectivity index (χ0) is 12.1. The number of unbranched alkanes of at least 4 members (excludes halogenated alkanes) is 1. The lowest BCUT2D eigenvalue weighted by Crippen LogP contribution is -2.08. The number of rotatable bonds is 4. The maximum atomic E-state index is 12.8. The van der Waals surface area contributed by atoms with E-state index in [1.807, 2.05) is 6.92 Å². The van der Waals surface area contributed by atoms with Crippen LogP contribution in [0.2, 0.25) is 0 Å². The summed E-state index contributed by atoms with van der Waals surface area (Å²) in [5.74, 6) is -5.25. The predicted molar refractivity (Wildman–Crippen MR) is 51.5 cm³/mol. The first-order valence-corrected chi connectivity index (χ1v) is 4.88. The van der Waals surface area contributed by atoms with Crippen LogP contribution in [0.15, 0.2) is 12.1 Å². The minimum atomic E-state index is -1.59. The van der Waals surface area contributed by atoms with Gasteiger partial charge in [0.05, 0.1) is 12.2 Å². The molecule has 0 atom stereocenters. The Morgan fingerprint density at radius 2 is 1.81 bits per heavy atom. The van der Waals surface area contributed by atoms with Crippen molar-refractivity contribution in [2.75, 3.05) is 6.61 Å². The van der Waals surface area contributed by atoms with E-state index in [2.05, 4.69) is 0 Å². The van der Waals surface area contributed by atoms with Crippen LogP contribution < -0.4 is 0 Å². The van der Waals surface area contributed by atoms with Crippen molar-refractivity contribution >= 4 is 5.97 Å². The van der Waals surface area contributed by atoms with E-state index in [0.717, 1.165) is 6.42 Å². The molecule has 0 radical (unpaired) electrons. The van der Waals surface area contributed by atoms with E-state index in [1.54, 1.807) is 0 Å². The van der Waals surface area contributed by atoms with Crippen LogP contribution in [-0.2, 0) is 4.74 Å². The fourth-order valence-electron chi connectivity index (χ4n) is 1.07. The van der Waals surface area contributed by atoms with Crippen molar-refractivity contribution in [3.63, 3.8) is 0 Å². The second-order valence-corrected chi connectivity index (χ2v) is 3.24. The topological polar surface area (TPSA) is 26.3 Å². The van der Waals surface area contributed by atoms with Gasteiger partial charge >= 0.3 is 5.97 Å². The van der Waals surface area contributed by atoms with E-state index in [9.17, 15) is 18.0 Å². The Labute approximate surface area is 91.0 Å². The second-order valence-electron chi connectivity index (χ2n) is 3.24. The molecule has 0 amide bonds. The molecule has 0 heterocycles. The van der Waals surface area contributed by atoms with Gasteiger partial charge in [-0.3, -0.25) is 0 Å². The summed E-state index contributed by atoms with van der Waals surface area (Å²) in [5.41, 5.74) is -0.326. The highest BCUT2D eigenvalue weighted by Gasteiger charge is 2.15. The molecule has 88 valence electrons. The van der Waals surface area contributed by atoms with Crippen molar-refractivity contribution < 1.29 is 22.7 Å². The van der Waals surface area contributed by atoms with Crippen LogP contribution in [0.1, 0.15) is 30.1 Å². The smallest absolute Gasteiger partial charge is 0.338 e. The van der Waals surface area contributed by atoms with E-state index >= 15 is 0 Å². The molecule has 0 saturated carbocycles. The van der Waals surface area contributed by atoms with Gasteiger partial charge in [-0.2, -0.15) is 0 Å². The highest BCUT2D eigenvalue weighted by molar-refractivity contribution is 5.89. The van der Waals surface area contributed by atoms with Gasteiger partial charge in [0.2, 0.25) is 0 Å². The minimum Gasteiger partial charge on any atom is -0.462 e. The number of halogens is 3. The normalized spacial score (nSPS) is 10.2. The first kappa shape index (κ1) is 12.5. The molecule has 0 aliphatic carbocycles. The molecule has 5 heteroatoms. The van der Waals surface area contributed by atoms with Crippen LogP contribution in [0.4, 0.5) is 13.2 Å². The van der Waals surface area contributed by atoms with Crippen molar-refractivity contribution in [2.45, 2.75) is 19.8 Å². The second kappa shape index (κ2) is 5.53. The summed E-state index contributed by atoms with van der Waals surface area (Å²) in [4.78, 5) is 11.3. The zero-order valence-electron chi connectivity index (χ0n) is 8.73. The Bertz CT molecular complexity index is 368. The lowest BCUT2D eigenvalue weighted by atomic mass is 10.2. The lowest BCUT2D eigenvalue weighted by Gasteiger charge is -2.04. The highest BCUT2D eigenvalue weighted by Crippen LogP contribution is 2.14. The molecule has 2 nitrogen and oxygen atoms in total. The molecule has 1 aromatic carbocycles. The molecule has 0 unspecified atom stereocenters. The Hall–Kier alpha value is -1.52. The van der Waals surface area contributed by atoms with Crippen molar-refractivity contribution in [1.29, 1.82) is 0 Å². The van der Waals surface area contributed by atoms with Crippen molar-refractivity contribution in [3.8, 4) is 0 Å². The van der Waals surface area contributed by atoms with Crippen LogP contribution >= 0.6 is 0 Å². The maximum absolute atomic E-state index is 12.8. The molecule has 0 fully saturated rings. The predicted octanol–water partition coefficient (Wildman–Crippen LogP) is 3.06. The number of esters is 1. The van der Waals surface area contributed by atoms with E-state index in [-0.39, 0.29) is 12.2 Å². The molecular weight excluding hydrogens is 221 g/mol. The molecule has 0 aliphatic rings. The summed E-state index contributed by atoms with van der Waals surface area (Å²) >= 11 is 0. The van der Waals surface area contributed by atoms with Crippen molar-refractivity contribution in [3.05, 3.63) is 35.1 Å². The standard InChI is InChI=1S/C11H11F3O2/c1-2-3-4-16-11(15)7-5-8(12)10(14)9(13)6-7/h5-6H,2-4H2,1H3. The average molecular weight is 232 g/mol. The minimum absolute atomic E-state index is 0.177. The number of ether oxygens (including phenoxy) is 1. The Morgan fingerprint density at radius 3 is 2.31 bits per heavy atom. The van der Waals surface area contributed by atoms with Gasteiger partial charge in [-0.05, 0) is 18.6 Å². The third-order valence-corrected chi connectivity index (χ3v) is 1.95. The van der Waals surface area contributed by atoms with Crippen LogP contribution in [0.25, 0.3) is 0 Å². The number of carbonyl (C=O) groups excluding carboxylic acids is 1. The highest BCUT2D eigenvalue weighted by atomic mass is 19.2. The van der Waals surface area contributed by atoms with E-state index in [4.69, 9.17) is 4.74 Å². The van der Waals surface area contributed by atoms with Gasteiger partial charge in [-0.15, -0.1) is 0 Å². The summed E-state index contributed by atoms with van der Waals surface area (Å²) < 4.78 is 42.8. The summed E-state index contributed by atoms with van der Waals surface area (Å²) in [6, 6.07) is 1.24. The average Bonchev–Trinajstić information content (AvgIpc) is 2.25.